The highest BCUT2D eigenvalue weighted by molar-refractivity contribution is 5.80. The number of rotatable bonds is 3. The average molecular weight is 260 g/mol. The Kier molecular flexibility index (Phi) is 3.28. The predicted molar refractivity (Wildman–Crippen MR) is 72.9 cm³/mol. The lowest BCUT2D eigenvalue weighted by Gasteiger charge is -2.53. The monoisotopic (exact) mass is 260 g/mol. The van der Waals surface area contributed by atoms with E-state index in [9.17, 15) is 4.79 Å². The number of hydrogen-bond donors (Lipinski definition) is 1. The maximum Gasteiger partial charge on any atom is 0.224 e. The molecule has 0 radical (unpaired) electrons. The van der Waals surface area contributed by atoms with Crippen LogP contribution in [-0.2, 0) is 4.79 Å². The number of nitriles is 1. The first kappa shape index (κ1) is 13.0. The van der Waals surface area contributed by atoms with Crippen molar-refractivity contribution in [1.82, 2.24) is 5.32 Å². The van der Waals surface area contributed by atoms with E-state index in [0.717, 1.165) is 11.8 Å². The van der Waals surface area contributed by atoms with Gasteiger partial charge in [0.05, 0.1) is 6.07 Å². The summed E-state index contributed by atoms with van der Waals surface area (Å²) in [7, 11) is 0. The molecule has 0 saturated heterocycles. The number of nitrogens with zero attached hydrogens (tertiary/aromatic N) is 1. The minimum Gasteiger partial charge on any atom is -0.340 e. The van der Waals surface area contributed by atoms with E-state index in [2.05, 4.69) is 11.4 Å². The van der Waals surface area contributed by atoms with Crippen molar-refractivity contribution in [1.29, 1.82) is 5.26 Å². The number of carbonyl (C=O) groups is 1. The Hall–Kier alpha value is -1.04. The van der Waals surface area contributed by atoms with Crippen LogP contribution in [0.4, 0.5) is 0 Å². The molecule has 0 aromatic rings. The van der Waals surface area contributed by atoms with Crippen LogP contribution in [-0.4, -0.2) is 11.9 Å². The summed E-state index contributed by atoms with van der Waals surface area (Å²) in [6.07, 6.45) is 6.43. The average Bonchev–Trinajstić information content (AvgIpc) is 2.34. The molecular weight excluding hydrogens is 236 g/mol. The highest BCUT2D eigenvalue weighted by Gasteiger charge is 2.50. The van der Waals surface area contributed by atoms with Gasteiger partial charge >= 0.3 is 0 Å². The Morgan fingerprint density at radius 2 is 1.63 bits per heavy atom. The van der Waals surface area contributed by atoms with Crippen molar-refractivity contribution in [2.24, 2.45) is 35.5 Å². The van der Waals surface area contributed by atoms with Crippen molar-refractivity contribution in [2.45, 2.75) is 52.0 Å². The number of amides is 1. The molecule has 19 heavy (non-hydrogen) atoms. The Morgan fingerprint density at radius 1 is 1.11 bits per heavy atom. The normalized spacial score (nSPS) is 41.1. The first-order valence-electron chi connectivity index (χ1n) is 7.78. The zero-order chi connectivity index (χ0) is 13.6. The van der Waals surface area contributed by atoms with Gasteiger partial charge in [0.2, 0.25) is 5.91 Å². The van der Waals surface area contributed by atoms with Crippen LogP contribution in [0.5, 0.6) is 0 Å². The molecule has 4 bridgehead atoms. The molecule has 1 N–H and O–H groups in total. The molecule has 4 aliphatic carbocycles. The molecule has 4 saturated carbocycles. The minimum atomic E-state index is -0.329. The molecule has 4 fully saturated rings. The maximum atomic E-state index is 12.5. The summed E-state index contributed by atoms with van der Waals surface area (Å²) in [5.41, 5.74) is 0. The third kappa shape index (κ3) is 2.26. The second-order valence-corrected chi connectivity index (χ2v) is 7.32. The zero-order valence-corrected chi connectivity index (χ0v) is 11.9. The molecule has 3 heteroatoms. The Labute approximate surface area is 115 Å². The van der Waals surface area contributed by atoms with E-state index >= 15 is 0 Å². The largest absolute Gasteiger partial charge is 0.340 e. The van der Waals surface area contributed by atoms with E-state index in [-0.39, 0.29) is 23.8 Å². The van der Waals surface area contributed by atoms with Crippen LogP contribution in [0, 0.1) is 46.8 Å². The molecule has 4 rings (SSSR count). The van der Waals surface area contributed by atoms with Gasteiger partial charge in [-0.1, -0.05) is 13.8 Å². The van der Waals surface area contributed by atoms with Crippen LogP contribution in [0.25, 0.3) is 0 Å². The Balaban J connectivity index is 1.69. The van der Waals surface area contributed by atoms with Crippen molar-refractivity contribution < 1.29 is 4.79 Å². The fourth-order valence-electron chi connectivity index (χ4n) is 4.95. The molecule has 1 unspecified atom stereocenters. The van der Waals surface area contributed by atoms with E-state index in [1.54, 1.807) is 0 Å². The van der Waals surface area contributed by atoms with E-state index in [4.69, 9.17) is 5.26 Å². The number of nitrogens with one attached hydrogen (secondary N) is 1. The molecule has 0 heterocycles. The second-order valence-electron chi connectivity index (χ2n) is 7.32. The smallest absolute Gasteiger partial charge is 0.224 e. The highest BCUT2D eigenvalue weighted by atomic mass is 16.2. The summed E-state index contributed by atoms with van der Waals surface area (Å²) >= 11 is 0. The fourth-order valence-corrected chi connectivity index (χ4v) is 4.95. The summed E-state index contributed by atoms with van der Waals surface area (Å²) in [5, 5.41) is 12.1. The van der Waals surface area contributed by atoms with Crippen LogP contribution in [0.15, 0.2) is 0 Å². The molecule has 1 amide bonds. The first-order chi connectivity index (χ1) is 9.08. The van der Waals surface area contributed by atoms with E-state index in [1.165, 1.54) is 32.1 Å². The summed E-state index contributed by atoms with van der Waals surface area (Å²) in [4.78, 5) is 12.5. The first-order valence-corrected chi connectivity index (χ1v) is 7.78. The van der Waals surface area contributed by atoms with E-state index in [0.29, 0.717) is 11.8 Å². The molecule has 4 aliphatic rings. The van der Waals surface area contributed by atoms with Gasteiger partial charge in [0.1, 0.15) is 6.04 Å². The second kappa shape index (κ2) is 4.81. The zero-order valence-electron chi connectivity index (χ0n) is 11.9. The topological polar surface area (TPSA) is 52.9 Å². The summed E-state index contributed by atoms with van der Waals surface area (Å²) < 4.78 is 0. The van der Waals surface area contributed by atoms with Gasteiger partial charge in [0, 0.05) is 5.92 Å². The van der Waals surface area contributed by atoms with Gasteiger partial charge in [-0.3, -0.25) is 4.79 Å². The molecule has 0 spiro atoms. The van der Waals surface area contributed by atoms with Gasteiger partial charge in [0.25, 0.3) is 0 Å². The van der Waals surface area contributed by atoms with E-state index < -0.39 is 0 Å². The molecular formula is C16H24N2O. The van der Waals surface area contributed by atoms with Crippen LogP contribution in [0.2, 0.25) is 0 Å². The molecule has 0 aromatic carbocycles. The molecule has 3 nitrogen and oxygen atoms in total. The number of hydrogen-bond acceptors (Lipinski definition) is 2. The van der Waals surface area contributed by atoms with Crippen LogP contribution < -0.4 is 5.32 Å². The van der Waals surface area contributed by atoms with Crippen LogP contribution in [0.3, 0.4) is 0 Å². The van der Waals surface area contributed by atoms with Crippen molar-refractivity contribution >= 4 is 5.91 Å². The SMILES string of the molecule is CC(C)C(C#N)NC(=O)C1C2CC3CC(C2)CC1C3. The lowest BCUT2D eigenvalue weighted by Crippen LogP contribution is -2.53. The van der Waals surface area contributed by atoms with Gasteiger partial charge in [0.15, 0.2) is 0 Å². The highest BCUT2D eigenvalue weighted by Crippen LogP contribution is 2.56. The van der Waals surface area contributed by atoms with Gasteiger partial charge in [-0.15, -0.1) is 0 Å². The van der Waals surface area contributed by atoms with Crippen LogP contribution in [0.1, 0.15) is 46.0 Å². The minimum absolute atomic E-state index is 0.161. The Morgan fingerprint density at radius 3 is 2.05 bits per heavy atom. The Bertz CT molecular complexity index is 381. The summed E-state index contributed by atoms with van der Waals surface area (Å²) in [6, 6.07) is 1.89. The number of carbonyl (C=O) groups excluding carboxylic acids is 1. The quantitative estimate of drug-likeness (QED) is 0.848. The third-order valence-corrected chi connectivity index (χ3v) is 5.63. The fraction of sp³-hybridized carbons (Fsp3) is 0.875. The van der Waals surface area contributed by atoms with Gasteiger partial charge in [-0.05, 0) is 61.7 Å². The molecule has 104 valence electrons. The van der Waals surface area contributed by atoms with Crippen molar-refractivity contribution in [3.8, 4) is 6.07 Å². The molecule has 0 aliphatic heterocycles. The van der Waals surface area contributed by atoms with Gasteiger partial charge in [-0.2, -0.15) is 5.26 Å². The molecule has 0 aromatic heterocycles. The maximum absolute atomic E-state index is 12.5. The van der Waals surface area contributed by atoms with Gasteiger partial charge in [-0.25, -0.2) is 0 Å². The predicted octanol–water partition coefficient (Wildman–Crippen LogP) is 2.72. The van der Waals surface area contributed by atoms with Gasteiger partial charge < -0.3 is 5.32 Å². The van der Waals surface area contributed by atoms with E-state index in [1.807, 2.05) is 13.8 Å². The molecule has 1 atom stereocenters. The van der Waals surface area contributed by atoms with Crippen molar-refractivity contribution in [3.63, 3.8) is 0 Å². The summed E-state index contributed by atoms with van der Waals surface area (Å²) in [5.74, 6) is 3.53. The van der Waals surface area contributed by atoms with Crippen molar-refractivity contribution in [3.05, 3.63) is 0 Å². The van der Waals surface area contributed by atoms with Crippen molar-refractivity contribution in [2.75, 3.05) is 0 Å². The summed E-state index contributed by atoms with van der Waals surface area (Å²) in [6.45, 7) is 3.98. The standard InChI is InChI=1S/C16H24N2O/c1-9(2)14(8-17)18-16(19)15-12-4-10-3-11(6-12)7-13(15)5-10/h9-15H,3-7H2,1-2H3,(H,18,19). The lowest BCUT2D eigenvalue weighted by atomic mass is 9.51. The third-order valence-electron chi connectivity index (χ3n) is 5.63. The lowest BCUT2D eigenvalue weighted by molar-refractivity contribution is -0.138. The van der Waals surface area contributed by atoms with Crippen LogP contribution >= 0.6 is 0 Å².